The second kappa shape index (κ2) is 8.94. The number of halogens is 3. The Morgan fingerprint density at radius 3 is 2.66 bits per heavy atom. The Morgan fingerprint density at radius 1 is 1.22 bits per heavy atom. The Bertz CT molecular complexity index is 1030. The molecule has 1 saturated heterocycles. The largest absolute Gasteiger partial charge is 0.489 e. The number of likely N-dealkylation sites (tertiary alicyclic amines) is 1. The number of fused-ring (bicyclic) bond motifs is 1. The van der Waals surface area contributed by atoms with Gasteiger partial charge in [-0.1, -0.05) is 17.7 Å². The van der Waals surface area contributed by atoms with Crippen molar-refractivity contribution in [1.82, 2.24) is 15.2 Å². The van der Waals surface area contributed by atoms with Crippen molar-refractivity contribution in [3.63, 3.8) is 0 Å². The highest BCUT2D eigenvalue weighted by Crippen LogP contribution is 2.35. The van der Waals surface area contributed by atoms with E-state index in [2.05, 4.69) is 22.1 Å². The van der Waals surface area contributed by atoms with Gasteiger partial charge in [-0.15, -0.1) is 0 Å². The summed E-state index contributed by atoms with van der Waals surface area (Å²) in [4.78, 5) is 17.5. The van der Waals surface area contributed by atoms with Gasteiger partial charge >= 0.3 is 6.18 Å². The Kier molecular flexibility index (Phi) is 6.24. The smallest absolute Gasteiger partial charge is 0.433 e. The number of rotatable bonds is 6. The quantitative estimate of drug-likeness (QED) is 0.728. The topological polar surface area (TPSA) is 54.5 Å². The SMILES string of the molecule is CNC(=O)C1CN(CC2=C(C)c3ccc(OCc4ccc(C(F)(F)F)nc4)cc3CC2)C1. The molecule has 1 aromatic carbocycles. The lowest BCUT2D eigenvalue weighted by Gasteiger charge is -2.39. The maximum atomic E-state index is 12.6. The Labute approximate surface area is 185 Å². The lowest BCUT2D eigenvalue weighted by Crippen LogP contribution is -2.53. The van der Waals surface area contributed by atoms with Gasteiger partial charge in [-0.25, -0.2) is 0 Å². The first kappa shape index (κ1) is 22.3. The van der Waals surface area contributed by atoms with Gasteiger partial charge in [-0.2, -0.15) is 13.2 Å². The van der Waals surface area contributed by atoms with Crippen molar-refractivity contribution >= 4 is 11.5 Å². The number of carbonyl (C=O) groups excluding carboxylic acids is 1. The van der Waals surface area contributed by atoms with E-state index in [1.165, 1.54) is 34.5 Å². The molecule has 0 atom stereocenters. The summed E-state index contributed by atoms with van der Waals surface area (Å²) in [6.45, 7) is 4.78. The van der Waals surface area contributed by atoms with Gasteiger partial charge in [0.05, 0.1) is 5.92 Å². The summed E-state index contributed by atoms with van der Waals surface area (Å²) < 4.78 is 43.7. The number of aromatic nitrogens is 1. The predicted octanol–water partition coefficient (Wildman–Crippen LogP) is 4.08. The summed E-state index contributed by atoms with van der Waals surface area (Å²) in [5.74, 6) is 0.896. The summed E-state index contributed by atoms with van der Waals surface area (Å²) in [7, 11) is 1.67. The lowest BCUT2D eigenvalue weighted by atomic mass is 9.85. The fourth-order valence-corrected chi connectivity index (χ4v) is 4.28. The molecular weight excluding hydrogens is 419 g/mol. The normalized spacial score (nSPS) is 17.0. The van der Waals surface area contributed by atoms with Crippen molar-refractivity contribution in [2.75, 3.05) is 26.7 Å². The number of allylic oxidation sites excluding steroid dienone is 1. The number of nitrogens with one attached hydrogen (secondary N) is 1. The minimum absolute atomic E-state index is 0.0938. The molecule has 0 saturated carbocycles. The first-order valence-corrected chi connectivity index (χ1v) is 10.7. The van der Waals surface area contributed by atoms with Crippen LogP contribution in [0.3, 0.4) is 0 Å². The molecule has 1 amide bonds. The fraction of sp³-hybridized carbons (Fsp3) is 0.417. The van der Waals surface area contributed by atoms with Gasteiger partial charge in [0.1, 0.15) is 18.1 Å². The van der Waals surface area contributed by atoms with Crippen molar-refractivity contribution < 1.29 is 22.7 Å². The van der Waals surface area contributed by atoms with Gasteiger partial charge in [0.2, 0.25) is 5.91 Å². The van der Waals surface area contributed by atoms with E-state index in [-0.39, 0.29) is 18.4 Å². The van der Waals surface area contributed by atoms with Crippen molar-refractivity contribution in [2.24, 2.45) is 5.92 Å². The van der Waals surface area contributed by atoms with Gasteiger partial charge in [-0.3, -0.25) is 14.7 Å². The van der Waals surface area contributed by atoms with E-state index in [1.54, 1.807) is 7.05 Å². The van der Waals surface area contributed by atoms with Gasteiger partial charge in [0.15, 0.2) is 0 Å². The van der Waals surface area contributed by atoms with Crippen LogP contribution in [-0.2, 0) is 24.0 Å². The molecule has 5 nitrogen and oxygen atoms in total. The van der Waals surface area contributed by atoms with Gasteiger partial charge < -0.3 is 10.1 Å². The highest BCUT2D eigenvalue weighted by Gasteiger charge is 2.33. The van der Waals surface area contributed by atoms with Crippen LogP contribution in [0.4, 0.5) is 13.2 Å². The molecule has 32 heavy (non-hydrogen) atoms. The Morgan fingerprint density at radius 2 is 2.00 bits per heavy atom. The molecule has 1 N–H and O–H groups in total. The molecule has 2 aromatic rings. The van der Waals surface area contributed by atoms with E-state index in [0.29, 0.717) is 11.3 Å². The maximum Gasteiger partial charge on any atom is 0.433 e. The van der Waals surface area contributed by atoms with Gasteiger partial charge in [-0.05, 0) is 54.7 Å². The number of hydrogen-bond acceptors (Lipinski definition) is 4. The number of ether oxygens (including phenoxy) is 1. The number of benzene rings is 1. The van der Waals surface area contributed by atoms with E-state index in [4.69, 9.17) is 4.74 Å². The first-order valence-electron chi connectivity index (χ1n) is 10.7. The Balaban J connectivity index is 1.37. The minimum Gasteiger partial charge on any atom is -0.489 e. The minimum atomic E-state index is -4.44. The second-order valence-electron chi connectivity index (χ2n) is 8.39. The van der Waals surface area contributed by atoms with Gasteiger partial charge in [0.25, 0.3) is 0 Å². The molecule has 0 unspecified atom stereocenters. The summed E-state index contributed by atoms with van der Waals surface area (Å²) in [6.07, 6.45) is -1.37. The average molecular weight is 445 g/mol. The molecular formula is C24H26F3N3O2. The monoisotopic (exact) mass is 445 g/mol. The van der Waals surface area contributed by atoms with Crippen LogP contribution in [0, 0.1) is 5.92 Å². The number of nitrogens with zero attached hydrogens (tertiary/aromatic N) is 2. The van der Waals surface area contributed by atoms with Crippen LogP contribution in [0.15, 0.2) is 42.1 Å². The number of pyridine rings is 1. The van der Waals surface area contributed by atoms with E-state index in [9.17, 15) is 18.0 Å². The van der Waals surface area contributed by atoms with Crippen molar-refractivity contribution in [1.29, 1.82) is 0 Å². The molecule has 1 aliphatic heterocycles. The molecule has 8 heteroatoms. The number of carbonyl (C=O) groups is 1. The fourth-order valence-electron chi connectivity index (χ4n) is 4.28. The number of amides is 1. The highest BCUT2D eigenvalue weighted by molar-refractivity contribution is 5.79. The van der Waals surface area contributed by atoms with Crippen LogP contribution < -0.4 is 10.1 Å². The molecule has 1 aromatic heterocycles. The Hall–Kier alpha value is -2.87. The zero-order valence-corrected chi connectivity index (χ0v) is 18.1. The molecule has 0 spiro atoms. The second-order valence-corrected chi connectivity index (χ2v) is 8.39. The molecule has 170 valence electrons. The molecule has 0 radical (unpaired) electrons. The van der Waals surface area contributed by atoms with E-state index in [1.807, 2.05) is 18.2 Å². The van der Waals surface area contributed by atoms with E-state index >= 15 is 0 Å². The van der Waals surface area contributed by atoms with Crippen molar-refractivity contribution in [3.05, 3.63) is 64.5 Å². The van der Waals surface area contributed by atoms with Crippen LogP contribution in [0.5, 0.6) is 5.75 Å². The van der Waals surface area contributed by atoms with Crippen molar-refractivity contribution in [3.8, 4) is 5.75 Å². The molecule has 4 rings (SSSR count). The van der Waals surface area contributed by atoms with Crippen LogP contribution in [0.2, 0.25) is 0 Å². The van der Waals surface area contributed by atoms with Crippen LogP contribution in [-0.4, -0.2) is 42.5 Å². The summed E-state index contributed by atoms with van der Waals surface area (Å²) in [6, 6.07) is 8.31. The first-order chi connectivity index (χ1) is 15.2. The zero-order valence-electron chi connectivity index (χ0n) is 18.1. The van der Waals surface area contributed by atoms with Crippen LogP contribution >= 0.6 is 0 Å². The third-order valence-corrected chi connectivity index (χ3v) is 6.22. The molecule has 0 bridgehead atoms. The molecule has 2 aliphatic rings. The van der Waals surface area contributed by atoms with Gasteiger partial charge in [0, 0.05) is 38.4 Å². The van der Waals surface area contributed by atoms with Crippen LogP contribution in [0.1, 0.15) is 35.7 Å². The lowest BCUT2D eigenvalue weighted by molar-refractivity contribution is -0.141. The van der Waals surface area contributed by atoms with E-state index < -0.39 is 11.9 Å². The van der Waals surface area contributed by atoms with Crippen LogP contribution in [0.25, 0.3) is 5.57 Å². The molecule has 1 aliphatic carbocycles. The maximum absolute atomic E-state index is 12.6. The third kappa shape index (κ3) is 4.80. The predicted molar refractivity (Wildman–Crippen MR) is 115 cm³/mol. The number of alkyl halides is 3. The summed E-state index contributed by atoms with van der Waals surface area (Å²) >= 11 is 0. The highest BCUT2D eigenvalue weighted by atomic mass is 19.4. The molecule has 2 heterocycles. The summed E-state index contributed by atoms with van der Waals surface area (Å²) in [5.41, 5.74) is 4.76. The standard InChI is InChI=1S/C24H26F3N3O2/c1-15-18(11-30-12-19(13-30)23(31)28-2)5-4-17-9-20(6-7-21(15)17)32-14-16-3-8-22(29-10-16)24(25,26)27/h3,6-10,19H,4-5,11-14H2,1-2H3,(H,28,31). The average Bonchev–Trinajstić information content (AvgIpc) is 2.75. The van der Waals surface area contributed by atoms with E-state index in [0.717, 1.165) is 38.5 Å². The molecule has 1 fully saturated rings. The number of hydrogen-bond donors (Lipinski definition) is 1. The third-order valence-electron chi connectivity index (χ3n) is 6.22. The number of aryl methyl sites for hydroxylation is 1. The summed E-state index contributed by atoms with van der Waals surface area (Å²) in [5, 5.41) is 2.71. The van der Waals surface area contributed by atoms with Crippen molar-refractivity contribution in [2.45, 2.75) is 32.5 Å². The zero-order chi connectivity index (χ0) is 22.9.